The van der Waals surface area contributed by atoms with Crippen molar-refractivity contribution < 1.29 is 4.79 Å². The molecule has 0 unspecified atom stereocenters. The quantitative estimate of drug-likeness (QED) is 0.712. The zero-order chi connectivity index (χ0) is 17.8. The average Bonchev–Trinajstić information content (AvgIpc) is 3.12. The molecule has 0 spiro atoms. The lowest BCUT2D eigenvalue weighted by Crippen LogP contribution is -2.22. The van der Waals surface area contributed by atoms with E-state index in [9.17, 15) is 4.79 Å². The zero-order valence-corrected chi connectivity index (χ0v) is 14.8. The molecule has 130 valence electrons. The smallest absolute Gasteiger partial charge is 0.252 e. The first-order valence-electron chi connectivity index (χ1n) is 9.15. The number of carbonyl (C=O) groups is 1. The van der Waals surface area contributed by atoms with E-state index in [1.54, 1.807) is 0 Å². The minimum absolute atomic E-state index is 0.101. The molecule has 0 N–H and O–H groups in total. The number of carbonyl (C=O) groups excluding carboxylic acids is 1. The van der Waals surface area contributed by atoms with Gasteiger partial charge in [-0.25, -0.2) is 0 Å². The molecule has 1 aliphatic carbocycles. The molecule has 0 saturated carbocycles. The van der Waals surface area contributed by atoms with Crippen LogP contribution in [0.3, 0.4) is 0 Å². The summed E-state index contributed by atoms with van der Waals surface area (Å²) in [5.74, 6) is -0.101. The van der Waals surface area contributed by atoms with Gasteiger partial charge in [-0.3, -0.25) is 4.79 Å². The van der Waals surface area contributed by atoms with E-state index >= 15 is 0 Å². The molecule has 1 heterocycles. The van der Waals surface area contributed by atoms with Crippen LogP contribution in [0.15, 0.2) is 77.9 Å². The van der Waals surface area contributed by atoms with Gasteiger partial charge in [-0.05, 0) is 53.6 Å². The summed E-state index contributed by atoms with van der Waals surface area (Å²) < 4.78 is 2.01. The highest BCUT2D eigenvalue weighted by Gasteiger charge is 2.12. The monoisotopic (exact) mass is 342 g/mol. The summed E-state index contributed by atoms with van der Waals surface area (Å²) in [6, 6.07) is 22.4. The van der Waals surface area contributed by atoms with E-state index in [2.05, 4.69) is 35.3 Å². The number of pyridine rings is 1. The van der Waals surface area contributed by atoms with E-state index in [1.807, 2.05) is 47.2 Å². The third-order valence-corrected chi connectivity index (χ3v) is 4.87. The fourth-order valence-electron chi connectivity index (χ4n) is 3.56. The van der Waals surface area contributed by atoms with Gasteiger partial charge < -0.3 is 4.57 Å². The fourth-order valence-corrected chi connectivity index (χ4v) is 3.56. The van der Waals surface area contributed by atoms with Gasteiger partial charge in [0.15, 0.2) is 0 Å². The maximum atomic E-state index is 12.5. The van der Waals surface area contributed by atoms with Gasteiger partial charge in [-0.1, -0.05) is 54.6 Å². The molecule has 0 radical (unpaired) electrons. The predicted octanol–water partition coefficient (Wildman–Crippen LogP) is 3.70. The summed E-state index contributed by atoms with van der Waals surface area (Å²) in [6.07, 6.45) is 5.84. The van der Waals surface area contributed by atoms with Gasteiger partial charge in [0, 0.05) is 12.7 Å². The first-order valence-corrected chi connectivity index (χ1v) is 9.15. The third-order valence-electron chi connectivity index (χ3n) is 4.87. The highest BCUT2D eigenvalue weighted by atomic mass is 16.1. The summed E-state index contributed by atoms with van der Waals surface area (Å²) in [4.78, 5) is 16.9. The Kier molecular flexibility index (Phi) is 4.78. The Balaban J connectivity index is 1.55. The Bertz CT molecular complexity index is 986. The Morgan fingerprint density at radius 2 is 1.69 bits per heavy atom. The summed E-state index contributed by atoms with van der Waals surface area (Å²) >= 11 is 0. The van der Waals surface area contributed by atoms with E-state index in [1.165, 1.54) is 23.1 Å². The maximum Gasteiger partial charge on any atom is 0.252 e. The molecule has 0 atom stereocenters. The highest BCUT2D eigenvalue weighted by Crippen LogP contribution is 2.23. The van der Waals surface area contributed by atoms with Crippen molar-refractivity contribution in [3.63, 3.8) is 0 Å². The summed E-state index contributed by atoms with van der Waals surface area (Å²) in [6.45, 7) is 0.701. The number of amides is 1. The van der Waals surface area contributed by atoms with E-state index in [4.69, 9.17) is 0 Å². The van der Waals surface area contributed by atoms with Gasteiger partial charge >= 0.3 is 0 Å². The standard InChI is InChI=1S/C23H22N2O/c26-23(16-19-12-13-20-9-6-10-21(20)15-19)24-22-11-4-5-14-25(22)17-18-7-2-1-3-8-18/h1-5,7-8,11-15H,6,9-10,16-17H2. The van der Waals surface area contributed by atoms with E-state index in [-0.39, 0.29) is 5.91 Å². The van der Waals surface area contributed by atoms with Crippen molar-refractivity contribution in [1.82, 2.24) is 4.57 Å². The molecular formula is C23H22N2O. The molecule has 3 aromatic rings. The lowest BCUT2D eigenvalue weighted by molar-refractivity contribution is -0.117. The number of aryl methyl sites for hydroxylation is 2. The second-order valence-corrected chi connectivity index (χ2v) is 6.81. The van der Waals surface area contributed by atoms with Crippen molar-refractivity contribution in [3.05, 3.63) is 101 Å². The Morgan fingerprint density at radius 1 is 0.885 bits per heavy atom. The van der Waals surface area contributed by atoms with Crippen molar-refractivity contribution in [3.8, 4) is 0 Å². The van der Waals surface area contributed by atoms with E-state index < -0.39 is 0 Å². The number of benzene rings is 2. The number of nitrogens with zero attached hydrogens (tertiary/aromatic N) is 2. The summed E-state index contributed by atoms with van der Waals surface area (Å²) in [5.41, 5.74) is 5.77. The summed E-state index contributed by atoms with van der Waals surface area (Å²) in [7, 11) is 0. The van der Waals surface area contributed by atoms with Crippen molar-refractivity contribution in [2.24, 2.45) is 4.99 Å². The minimum atomic E-state index is -0.101. The van der Waals surface area contributed by atoms with Gasteiger partial charge in [0.2, 0.25) is 0 Å². The third kappa shape index (κ3) is 3.83. The molecule has 26 heavy (non-hydrogen) atoms. The van der Waals surface area contributed by atoms with Crippen LogP contribution < -0.4 is 5.49 Å². The van der Waals surface area contributed by atoms with Crippen LogP contribution in [0.2, 0.25) is 0 Å². The number of hydrogen-bond acceptors (Lipinski definition) is 1. The minimum Gasteiger partial charge on any atom is -0.328 e. The number of hydrogen-bond donors (Lipinski definition) is 0. The van der Waals surface area contributed by atoms with Crippen LogP contribution in [-0.2, 0) is 30.6 Å². The number of rotatable bonds is 4. The van der Waals surface area contributed by atoms with Gasteiger partial charge in [0.1, 0.15) is 5.49 Å². The van der Waals surface area contributed by atoms with E-state index in [0.29, 0.717) is 18.5 Å². The van der Waals surface area contributed by atoms with Crippen LogP contribution in [-0.4, -0.2) is 10.5 Å². The molecule has 1 amide bonds. The molecule has 3 nitrogen and oxygen atoms in total. The van der Waals surface area contributed by atoms with Crippen LogP contribution in [0.1, 0.15) is 28.7 Å². The fraction of sp³-hybridized carbons (Fsp3) is 0.217. The Labute approximate surface area is 153 Å². The topological polar surface area (TPSA) is 34.4 Å². The van der Waals surface area contributed by atoms with Gasteiger partial charge in [0.05, 0.1) is 6.42 Å². The maximum absolute atomic E-state index is 12.5. The number of fused-ring (bicyclic) bond motifs is 1. The molecule has 0 saturated heterocycles. The average molecular weight is 342 g/mol. The van der Waals surface area contributed by atoms with Gasteiger partial charge in [-0.2, -0.15) is 4.99 Å². The van der Waals surface area contributed by atoms with Gasteiger partial charge in [0.25, 0.3) is 5.91 Å². The molecule has 1 aliphatic rings. The van der Waals surface area contributed by atoms with Crippen molar-refractivity contribution >= 4 is 5.91 Å². The Morgan fingerprint density at radius 3 is 2.58 bits per heavy atom. The zero-order valence-electron chi connectivity index (χ0n) is 14.8. The first-order chi connectivity index (χ1) is 12.8. The second-order valence-electron chi connectivity index (χ2n) is 6.81. The second kappa shape index (κ2) is 7.52. The SMILES string of the molecule is O=C(Cc1ccc2c(c1)CCC2)N=c1ccccn1Cc1ccccc1. The molecular weight excluding hydrogens is 320 g/mol. The normalized spacial score (nSPS) is 13.6. The molecule has 2 aromatic carbocycles. The van der Waals surface area contributed by atoms with Crippen LogP contribution in [0.25, 0.3) is 0 Å². The lowest BCUT2D eigenvalue weighted by atomic mass is 10.0. The van der Waals surface area contributed by atoms with E-state index in [0.717, 1.165) is 18.4 Å². The highest BCUT2D eigenvalue weighted by molar-refractivity contribution is 5.79. The van der Waals surface area contributed by atoms with Crippen LogP contribution in [0, 0.1) is 0 Å². The Hall–Kier alpha value is -2.94. The van der Waals surface area contributed by atoms with Crippen LogP contribution in [0.4, 0.5) is 0 Å². The molecule has 3 heteroatoms. The van der Waals surface area contributed by atoms with Crippen molar-refractivity contribution in [2.45, 2.75) is 32.2 Å². The van der Waals surface area contributed by atoms with Gasteiger partial charge in [-0.15, -0.1) is 0 Å². The molecule has 0 aliphatic heterocycles. The molecule has 0 bridgehead atoms. The molecule has 1 aromatic heterocycles. The summed E-state index contributed by atoms with van der Waals surface area (Å²) in [5, 5.41) is 0. The van der Waals surface area contributed by atoms with Crippen molar-refractivity contribution in [1.29, 1.82) is 0 Å². The molecule has 0 fully saturated rings. The van der Waals surface area contributed by atoms with Crippen LogP contribution in [0.5, 0.6) is 0 Å². The first kappa shape index (κ1) is 16.5. The predicted molar refractivity (Wildman–Crippen MR) is 103 cm³/mol. The molecule has 4 rings (SSSR count). The lowest BCUT2D eigenvalue weighted by Gasteiger charge is -2.07. The number of aromatic nitrogens is 1. The van der Waals surface area contributed by atoms with Crippen molar-refractivity contribution in [2.75, 3.05) is 0 Å². The largest absolute Gasteiger partial charge is 0.328 e. The van der Waals surface area contributed by atoms with Crippen LogP contribution >= 0.6 is 0 Å².